The molecule has 0 amide bonds. The summed E-state index contributed by atoms with van der Waals surface area (Å²) < 4.78 is 24.3. The quantitative estimate of drug-likeness (QED) is 0.810. The first-order chi connectivity index (χ1) is 8.45. The molecule has 0 aliphatic carbocycles. The second kappa shape index (κ2) is 5.16. The Hall–Kier alpha value is -0.630. The van der Waals surface area contributed by atoms with Gasteiger partial charge in [0.2, 0.25) is 0 Å². The van der Waals surface area contributed by atoms with Gasteiger partial charge < -0.3 is 0 Å². The minimum Gasteiger partial charge on any atom is -0.296 e. The molecule has 0 aliphatic heterocycles. The lowest BCUT2D eigenvalue weighted by atomic mass is 10.4. The van der Waals surface area contributed by atoms with E-state index in [1.807, 2.05) is 6.92 Å². The predicted octanol–water partition coefficient (Wildman–Crippen LogP) is 3.00. The van der Waals surface area contributed by atoms with E-state index in [1.54, 1.807) is 11.4 Å². The van der Waals surface area contributed by atoms with Crippen LogP contribution in [-0.2, 0) is 15.6 Å². The van der Waals surface area contributed by atoms with Crippen LogP contribution >= 0.6 is 33.6 Å². The van der Waals surface area contributed by atoms with E-state index in [2.05, 4.69) is 10.2 Å². The van der Waals surface area contributed by atoms with Gasteiger partial charge in [-0.2, -0.15) is 0 Å². The highest BCUT2D eigenvalue weighted by atomic mass is 35.7. The summed E-state index contributed by atoms with van der Waals surface area (Å²) in [5.74, 6) is 0.427. The third kappa shape index (κ3) is 2.54. The molecule has 2 aromatic heterocycles. The topological polar surface area (TPSA) is 64.8 Å². The third-order valence-corrected chi connectivity index (χ3v) is 4.69. The van der Waals surface area contributed by atoms with Crippen molar-refractivity contribution in [3.05, 3.63) is 16.5 Å². The number of rotatable bonds is 4. The fourth-order valence-corrected chi connectivity index (χ4v) is 3.57. The molecule has 0 aliphatic rings. The molecule has 5 nitrogen and oxygen atoms in total. The minimum absolute atomic E-state index is 0.245. The summed E-state index contributed by atoms with van der Waals surface area (Å²) in [6.07, 6.45) is 0.730. The highest BCUT2D eigenvalue weighted by molar-refractivity contribution is 8.13. The van der Waals surface area contributed by atoms with Crippen LogP contribution in [0.2, 0.25) is 5.02 Å². The van der Waals surface area contributed by atoms with E-state index in [-0.39, 0.29) is 5.16 Å². The molecule has 0 unspecified atom stereocenters. The van der Waals surface area contributed by atoms with E-state index in [0.717, 1.165) is 6.42 Å². The van der Waals surface area contributed by atoms with Crippen LogP contribution < -0.4 is 0 Å². The number of nitrogens with zero attached hydrogens (tertiary/aromatic N) is 3. The van der Waals surface area contributed by atoms with Gasteiger partial charge in [-0.15, -0.1) is 21.5 Å². The second-order valence-corrected chi connectivity index (χ2v) is 7.28. The fourth-order valence-electron chi connectivity index (χ4n) is 1.52. The van der Waals surface area contributed by atoms with Gasteiger partial charge in [0, 0.05) is 17.2 Å². The monoisotopic (exact) mass is 325 g/mol. The Morgan fingerprint density at radius 1 is 1.44 bits per heavy atom. The van der Waals surface area contributed by atoms with E-state index < -0.39 is 9.05 Å². The van der Waals surface area contributed by atoms with Gasteiger partial charge in [-0.1, -0.05) is 18.5 Å². The van der Waals surface area contributed by atoms with Crippen molar-refractivity contribution in [2.75, 3.05) is 0 Å². The molecule has 0 saturated heterocycles. The Balaban J connectivity index is 2.63. The summed E-state index contributed by atoms with van der Waals surface area (Å²) in [4.78, 5) is 0.684. The van der Waals surface area contributed by atoms with E-state index in [9.17, 15) is 8.42 Å². The SMILES string of the molecule is CCCn1c(-c2sccc2Cl)nnc1S(=O)(=O)Cl. The third-order valence-electron chi connectivity index (χ3n) is 2.20. The first-order valence-electron chi connectivity index (χ1n) is 5.06. The van der Waals surface area contributed by atoms with Crippen molar-refractivity contribution >= 4 is 42.7 Å². The largest absolute Gasteiger partial charge is 0.296 e. The van der Waals surface area contributed by atoms with Crippen LogP contribution in [0.15, 0.2) is 16.6 Å². The van der Waals surface area contributed by atoms with Gasteiger partial charge in [-0.3, -0.25) is 4.57 Å². The molecule has 0 saturated carbocycles. The molecule has 9 heteroatoms. The first kappa shape index (κ1) is 13.8. The average Bonchev–Trinajstić information content (AvgIpc) is 2.84. The van der Waals surface area contributed by atoms with Crippen molar-refractivity contribution in [1.82, 2.24) is 14.8 Å². The number of hydrogen-bond donors (Lipinski definition) is 0. The van der Waals surface area contributed by atoms with Crippen molar-refractivity contribution in [1.29, 1.82) is 0 Å². The van der Waals surface area contributed by atoms with Crippen LogP contribution in [-0.4, -0.2) is 23.2 Å². The summed E-state index contributed by atoms with van der Waals surface area (Å²) in [6, 6.07) is 1.72. The normalized spacial score (nSPS) is 11.9. The van der Waals surface area contributed by atoms with Crippen LogP contribution in [0.5, 0.6) is 0 Å². The van der Waals surface area contributed by atoms with Crippen molar-refractivity contribution in [2.45, 2.75) is 25.0 Å². The van der Waals surface area contributed by atoms with Gasteiger partial charge in [0.25, 0.3) is 14.2 Å². The molecule has 0 aromatic carbocycles. The molecule has 2 aromatic rings. The van der Waals surface area contributed by atoms with Crippen LogP contribution in [0, 0.1) is 0 Å². The van der Waals surface area contributed by atoms with Gasteiger partial charge in [0.05, 0.1) is 9.90 Å². The van der Waals surface area contributed by atoms with E-state index in [4.69, 9.17) is 22.3 Å². The highest BCUT2D eigenvalue weighted by Gasteiger charge is 2.24. The van der Waals surface area contributed by atoms with Crippen molar-refractivity contribution in [3.63, 3.8) is 0 Å². The molecular formula is C9H9Cl2N3O2S2. The molecule has 98 valence electrons. The minimum atomic E-state index is -3.92. The van der Waals surface area contributed by atoms with Crippen molar-refractivity contribution < 1.29 is 8.42 Å². The molecular weight excluding hydrogens is 317 g/mol. The zero-order valence-corrected chi connectivity index (χ0v) is 12.4. The Bertz CT molecular complexity index is 663. The van der Waals surface area contributed by atoms with E-state index in [1.165, 1.54) is 15.9 Å². The molecule has 0 fully saturated rings. The zero-order valence-electron chi connectivity index (χ0n) is 9.30. The predicted molar refractivity (Wildman–Crippen MR) is 71.7 cm³/mol. The Morgan fingerprint density at radius 2 is 2.17 bits per heavy atom. The maximum Gasteiger partial charge on any atom is 0.296 e. The lowest BCUT2D eigenvalue weighted by Crippen LogP contribution is -2.07. The van der Waals surface area contributed by atoms with Gasteiger partial charge >= 0.3 is 0 Å². The molecule has 0 spiro atoms. The smallest absolute Gasteiger partial charge is 0.296 e. The number of hydrogen-bond acceptors (Lipinski definition) is 5. The lowest BCUT2D eigenvalue weighted by Gasteiger charge is -2.06. The zero-order chi connectivity index (χ0) is 13.3. The standard InChI is InChI=1S/C9H9Cl2N3O2S2/c1-2-4-14-8(7-6(10)3-5-17-7)12-13-9(14)18(11,15)16/h3,5H,2,4H2,1H3. The lowest BCUT2D eigenvalue weighted by molar-refractivity contribution is 0.570. The highest BCUT2D eigenvalue weighted by Crippen LogP contribution is 2.33. The number of halogens is 2. The summed E-state index contributed by atoms with van der Waals surface area (Å²) >= 11 is 7.39. The maximum absolute atomic E-state index is 11.4. The van der Waals surface area contributed by atoms with Gasteiger partial charge in [0.15, 0.2) is 5.82 Å². The molecule has 0 radical (unpaired) electrons. The molecule has 18 heavy (non-hydrogen) atoms. The van der Waals surface area contributed by atoms with Crippen LogP contribution in [0.3, 0.4) is 0 Å². The van der Waals surface area contributed by atoms with Gasteiger partial charge in [-0.25, -0.2) is 8.42 Å². The summed E-state index contributed by atoms with van der Waals surface area (Å²) in [6.45, 7) is 2.38. The second-order valence-electron chi connectivity index (χ2n) is 3.49. The maximum atomic E-state index is 11.4. The Kier molecular flexibility index (Phi) is 3.96. The van der Waals surface area contributed by atoms with Gasteiger partial charge in [-0.05, 0) is 17.9 Å². The summed E-state index contributed by atoms with van der Waals surface area (Å²) in [5.41, 5.74) is 0. The molecule has 2 heterocycles. The molecule has 0 atom stereocenters. The number of thiophene rings is 1. The number of aromatic nitrogens is 3. The molecule has 0 N–H and O–H groups in total. The van der Waals surface area contributed by atoms with Gasteiger partial charge in [0.1, 0.15) is 0 Å². The van der Waals surface area contributed by atoms with Crippen LogP contribution in [0.25, 0.3) is 10.7 Å². The van der Waals surface area contributed by atoms with E-state index in [0.29, 0.717) is 22.3 Å². The average molecular weight is 326 g/mol. The van der Waals surface area contributed by atoms with Crippen molar-refractivity contribution in [2.24, 2.45) is 0 Å². The Morgan fingerprint density at radius 3 is 2.67 bits per heavy atom. The summed E-state index contributed by atoms with van der Waals surface area (Å²) in [5, 5.41) is 9.60. The van der Waals surface area contributed by atoms with Crippen LogP contribution in [0.1, 0.15) is 13.3 Å². The first-order valence-corrected chi connectivity index (χ1v) is 8.63. The summed E-state index contributed by atoms with van der Waals surface area (Å²) in [7, 11) is 1.42. The van der Waals surface area contributed by atoms with Crippen LogP contribution in [0.4, 0.5) is 0 Å². The molecule has 2 rings (SSSR count). The Labute approximate surface area is 118 Å². The molecule has 0 bridgehead atoms. The van der Waals surface area contributed by atoms with Crippen molar-refractivity contribution in [3.8, 4) is 10.7 Å². The fraction of sp³-hybridized carbons (Fsp3) is 0.333. The van der Waals surface area contributed by atoms with E-state index >= 15 is 0 Å².